The maximum atomic E-state index is 11.8. The molecule has 1 unspecified atom stereocenters. The van der Waals surface area contributed by atoms with Gasteiger partial charge in [-0.25, -0.2) is 0 Å². The van der Waals surface area contributed by atoms with E-state index in [9.17, 15) is 4.79 Å². The first kappa shape index (κ1) is 13.7. The van der Waals surface area contributed by atoms with Crippen molar-refractivity contribution in [2.24, 2.45) is 11.5 Å². The second-order valence-corrected chi connectivity index (χ2v) is 4.18. The van der Waals surface area contributed by atoms with Gasteiger partial charge in [-0.3, -0.25) is 4.79 Å². The van der Waals surface area contributed by atoms with Crippen LogP contribution >= 0.6 is 0 Å². The molecule has 0 fully saturated rings. The molecule has 0 bridgehead atoms. The molecule has 17 heavy (non-hydrogen) atoms. The fourth-order valence-corrected chi connectivity index (χ4v) is 1.61. The van der Waals surface area contributed by atoms with Crippen molar-refractivity contribution < 1.29 is 4.79 Å². The minimum Gasteiger partial charge on any atom is -0.348 e. The number of rotatable bonds is 6. The molecule has 0 aliphatic carbocycles. The molecular formula is C13H21N3O. The molecule has 94 valence electrons. The smallest absolute Gasteiger partial charge is 0.237 e. The third-order valence-electron chi connectivity index (χ3n) is 2.71. The third-order valence-corrected chi connectivity index (χ3v) is 2.71. The van der Waals surface area contributed by atoms with Crippen LogP contribution in [-0.2, 0) is 4.79 Å². The molecule has 4 nitrogen and oxygen atoms in total. The lowest BCUT2D eigenvalue weighted by Gasteiger charge is -2.17. The summed E-state index contributed by atoms with van der Waals surface area (Å²) in [5.41, 5.74) is 12.2. The molecule has 2 atom stereocenters. The lowest BCUT2D eigenvalue weighted by molar-refractivity contribution is -0.123. The summed E-state index contributed by atoms with van der Waals surface area (Å²) < 4.78 is 0. The molecule has 1 amide bonds. The Kier molecular flexibility index (Phi) is 5.66. The zero-order valence-electron chi connectivity index (χ0n) is 10.2. The summed E-state index contributed by atoms with van der Waals surface area (Å²) >= 11 is 0. The Hall–Kier alpha value is -1.39. The van der Waals surface area contributed by atoms with Crippen molar-refractivity contribution in [2.45, 2.75) is 31.8 Å². The van der Waals surface area contributed by atoms with Gasteiger partial charge in [0.25, 0.3) is 0 Å². The van der Waals surface area contributed by atoms with Gasteiger partial charge in [-0.1, -0.05) is 30.3 Å². The van der Waals surface area contributed by atoms with Gasteiger partial charge in [0.05, 0.1) is 12.1 Å². The van der Waals surface area contributed by atoms with E-state index < -0.39 is 6.04 Å². The van der Waals surface area contributed by atoms with Crippen molar-refractivity contribution in [1.29, 1.82) is 0 Å². The zero-order chi connectivity index (χ0) is 12.7. The Morgan fingerprint density at radius 1 is 1.35 bits per heavy atom. The number of amides is 1. The predicted molar refractivity (Wildman–Crippen MR) is 69.3 cm³/mol. The van der Waals surface area contributed by atoms with Gasteiger partial charge in [0.1, 0.15) is 0 Å². The van der Waals surface area contributed by atoms with E-state index in [2.05, 4.69) is 5.32 Å². The Balaban J connectivity index is 2.46. The van der Waals surface area contributed by atoms with Crippen LogP contribution in [0.4, 0.5) is 0 Å². The first-order valence-corrected chi connectivity index (χ1v) is 5.96. The van der Waals surface area contributed by atoms with Crippen LogP contribution in [-0.4, -0.2) is 18.5 Å². The quantitative estimate of drug-likeness (QED) is 0.686. The van der Waals surface area contributed by atoms with Gasteiger partial charge in [0, 0.05) is 0 Å². The molecule has 5 N–H and O–H groups in total. The molecule has 0 aromatic heterocycles. The fourth-order valence-electron chi connectivity index (χ4n) is 1.61. The molecule has 1 aromatic carbocycles. The van der Waals surface area contributed by atoms with E-state index >= 15 is 0 Å². The van der Waals surface area contributed by atoms with E-state index in [0.29, 0.717) is 13.0 Å². The Morgan fingerprint density at radius 3 is 2.59 bits per heavy atom. The Morgan fingerprint density at radius 2 is 2.00 bits per heavy atom. The van der Waals surface area contributed by atoms with Gasteiger partial charge in [-0.2, -0.15) is 0 Å². The Bertz CT molecular complexity index is 340. The first-order chi connectivity index (χ1) is 8.15. The molecule has 0 saturated heterocycles. The summed E-state index contributed by atoms with van der Waals surface area (Å²) in [4.78, 5) is 11.8. The number of hydrogen-bond donors (Lipinski definition) is 3. The molecule has 0 heterocycles. The first-order valence-electron chi connectivity index (χ1n) is 5.96. The normalized spacial score (nSPS) is 14.1. The fraction of sp³-hybridized carbons (Fsp3) is 0.462. The summed E-state index contributed by atoms with van der Waals surface area (Å²) in [6.45, 7) is 2.51. The lowest BCUT2D eigenvalue weighted by atomic mass is 10.1. The molecule has 0 aliphatic rings. The maximum Gasteiger partial charge on any atom is 0.237 e. The van der Waals surface area contributed by atoms with Crippen molar-refractivity contribution in [3.8, 4) is 0 Å². The summed E-state index contributed by atoms with van der Waals surface area (Å²) in [5.74, 6) is -0.116. The largest absolute Gasteiger partial charge is 0.348 e. The van der Waals surface area contributed by atoms with E-state index in [4.69, 9.17) is 11.5 Å². The second kappa shape index (κ2) is 7.04. The van der Waals surface area contributed by atoms with Crippen molar-refractivity contribution in [3.05, 3.63) is 35.9 Å². The van der Waals surface area contributed by atoms with Crippen LogP contribution in [0.2, 0.25) is 0 Å². The third kappa shape index (κ3) is 4.54. The van der Waals surface area contributed by atoms with E-state index in [-0.39, 0.29) is 11.9 Å². The van der Waals surface area contributed by atoms with Gasteiger partial charge in [0.15, 0.2) is 0 Å². The van der Waals surface area contributed by atoms with Crippen LogP contribution in [0, 0.1) is 0 Å². The molecule has 0 saturated carbocycles. The van der Waals surface area contributed by atoms with Gasteiger partial charge >= 0.3 is 0 Å². The minimum atomic E-state index is -0.468. The van der Waals surface area contributed by atoms with Crippen LogP contribution in [0.3, 0.4) is 0 Å². The Labute approximate surface area is 102 Å². The van der Waals surface area contributed by atoms with Crippen LogP contribution < -0.4 is 16.8 Å². The second-order valence-electron chi connectivity index (χ2n) is 4.18. The number of nitrogens with two attached hydrogens (primary N) is 2. The summed E-state index contributed by atoms with van der Waals surface area (Å²) in [6.07, 6.45) is 1.40. The highest BCUT2D eigenvalue weighted by Gasteiger charge is 2.15. The number of nitrogens with one attached hydrogen (secondary N) is 1. The van der Waals surface area contributed by atoms with Crippen LogP contribution in [0.25, 0.3) is 0 Å². The molecule has 1 rings (SSSR count). The number of hydrogen-bond acceptors (Lipinski definition) is 3. The SMILES string of the molecule is CC(NC(=O)[C@H](N)CCCN)c1ccccc1. The molecule has 0 spiro atoms. The molecule has 0 aliphatic heterocycles. The van der Waals surface area contributed by atoms with Crippen LogP contribution in [0.5, 0.6) is 0 Å². The predicted octanol–water partition coefficient (Wildman–Crippen LogP) is 0.930. The monoisotopic (exact) mass is 235 g/mol. The minimum absolute atomic E-state index is 0.0207. The highest BCUT2D eigenvalue weighted by atomic mass is 16.2. The van der Waals surface area contributed by atoms with Crippen LogP contribution in [0.1, 0.15) is 31.4 Å². The van der Waals surface area contributed by atoms with E-state index in [1.54, 1.807) is 0 Å². The van der Waals surface area contributed by atoms with Gasteiger partial charge < -0.3 is 16.8 Å². The maximum absolute atomic E-state index is 11.8. The van der Waals surface area contributed by atoms with Gasteiger partial charge in [-0.15, -0.1) is 0 Å². The molecule has 1 aromatic rings. The topological polar surface area (TPSA) is 81.1 Å². The summed E-state index contributed by atoms with van der Waals surface area (Å²) in [7, 11) is 0. The summed E-state index contributed by atoms with van der Waals surface area (Å²) in [5, 5.41) is 2.90. The number of carbonyl (C=O) groups is 1. The molecule has 4 heteroatoms. The number of carbonyl (C=O) groups excluding carboxylic acids is 1. The van der Waals surface area contributed by atoms with Crippen molar-refractivity contribution >= 4 is 5.91 Å². The zero-order valence-corrected chi connectivity index (χ0v) is 10.2. The average molecular weight is 235 g/mol. The highest BCUT2D eigenvalue weighted by Crippen LogP contribution is 2.11. The number of benzene rings is 1. The standard InChI is InChI=1S/C13H21N3O/c1-10(11-6-3-2-4-7-11)16-13(17)12(15)8-5-9-14/h2-4,6-7,10,12H,5,8-9,14-15H2,1H3,(H,16,17)/t10?,12-/m1/s1. The van der Waals surface area contributed by atoms with E-state index in [0.717, 1.165) is 12.0 Å². The van der Waals surface area contributed by atoms with Crippen molar-refractivity contribution in [1.82, 2.24) is 5.32 Å². The summed E-state index contributed by atoms with van der Waals surface area (Å²) in [6, 6.07) is 9.33. The van der Waals surface area contributed by atoms with Gasteiger partial charge in [-0.05, 0) is 31.9 Å². The highest BCUT2D eigenvalue weighted by molar-refractivity contribution is 5.81. The van der Waals surface area contributed by atoms with Crippen LogP contribution in [0.15, 0.2) is 30.3 Å². The van der Waals surface area contributed by atoms with Crippen molar-refractivity contribution in [2.75, 3.05) is 6.54 Å². The van der Waals surface area contributed by atoms with E-state index in [1.807, 2.05) is 37.3 Å². The molecular weight excluding hydrogens is 214 g/mol. The van der Waals surface area contributed by atoms with Crippen molar-refractivity contribution in [3.63, 3.8) is 0 Å². The average Bonchev–Trinajstić information content (AvgIpc) is 2.36. The van der Waals surface area contributed by atoms with E-state index in [1.165, 1.54) is 0 Å². The molecule has 0 radical (unpaired) electrons. The van der Waals surface area contributed by atoms with Gasteiger partial charge in [0.2, 0.25) is 5.91 Å². The lowest BCUT2D eigenvalue weighted by Crippen LogP contribution is -2.41.